The van der Waals surface area contributed by atoms with Crippen LogP contribution in [0.2, 0.25) is 0 Å². The maximum absolute atomic E-state index is 11.9. The third-order valence-corrected chi connectivity index (χ3v) is 4.77. The van der Waals surface area contributed by atoms with Crippen LogP contribution in [0.3, 0.4) is 0 Å². The van der Waals surface area contributed by atoms with Crippen LogP contribution in [-0.4, -0.2) is 44.0 Å². The fourth-order valence-corrected chi connectivity index (χ4v) is 3.53. The number of rotatable bonds is 5. The first-order valence-corrected chi connectivity index (χ1v) is 8.82. The van der Waals surface area contributed by atoms with Crippen molar-refractivity contribution in [1.29, 1.82) is 0 Å². The number of halogens is 1. The molecule has 0 saturated carbocycles. The van der Waals surface area contributed by atoms with Crippen LogP contribution >= 0.6 is 24.2 Å². The van der Waals surface area contributed by atoms with Gasteiger partial charge in [0.05, 0.1) is 0 Å². The van der Waals surface area contributed by atoms with Gasteiger partial charge in [-0.2, -0.15) is 0 Å². The van der Waals surface area contributed by atoms with Crippen LogP contribution in [0.15, 0.2) is 23.1 Å². The zero-order valence-corrected chi connectivity index (χ0v) is 14.6. The highest BCUT2D eigenvalue weighted by molar-refractivity contribution is 7.99. The topological polar surface area (TPSA) is 59.6 Å². The Hall–Kier alpha value is -1.11. The molecular formula is C16H23ClN2O3S. The third-order valence-electron chi connectivity index (χ3n) is 3.77. The number of benzene rings is 1. The predicted molar refractivity (Wildman–Crippen MR) is 94.1 cm³/mol. The van der Waals surface area contributed by atoms with E-state index in [1.165, 1.54) is 0 Å². The van der Waals surface area contributed by atoms with Gasteiger partial charge in [-0.15, -0.1) is 24.2 Å². The Balaban J connectivity index is 0.00000192. The number of hydrogen-bond acceptors (Lipinski definition) is 5. The molecule has 0 spiro atoms. The van der Waals surface area contributed by atoms with Crippen LogP contribution in [0, 0.1) is 0 Å². The number of carbonyl (C=O) groups is 1. The van der Waals surface area contributed by atoms with Crippen molar-refractivity contribution in [2.75, 3.05) is 32.1 Å². The Morgan fingerprint density at radius 1 is 1.30 bits per heavy atom. The molecular weight excluding hydrogens is 336 g/mol. The van der Waals surface area contributed by atoms with Crippen molar-refractivity contribution in [3.05, 3.63) is 18.2 Å². The maximum Gasteiger partial charge on any atom is 0.221 e. The highest BCUT2D eigenvalue weighted by Gasteiger charge is 2.15. The van der Waals surface area contributed by atoms with Gasteiger partial charge in [0.25, 0.3) is 0 Å². The molecule has 3 rings (SSSR count). The summed E-state index contributed by atoms with van der Waals surface area (Å²) >= 11 is 1.67. The normalized spacial score (nSPS) is 19.6. The number of hydrogen-bond donors (Lipinski definition) is 2. The molecule has 1 atom stereocenters. The van der Waals surface area contributed by atoms with Gasteiger partial charge in [-0.05, 0) is 37.6 Å². The average molecular weight is 359 g/mol. The number of fused-ring (bicyclic) bond motifs is 1. The maximum atomic E-state index is 11.9. The summed E-state index contributed by atoms with van der Waals surface area (Å²) in [6, 6.07) is 6.23. The second-order valence-electron chi connectivity index (χ2n) is 5.51. The van der Waals surface area contributed by atoms with Gasteiger partial charge in [0.2, 0.25) is 5.91 Å². The van der Waals surface area contributed by atoms with Crippen molar-refractivity contribution in [1.82, 2.24) is 10.6 Å². The van der Waals surface area contributed by atoms with Crippen molar-refractivity contribution in [3.63, 3.8) is 0 Å². The van der Waals surface area contributed by atoms with Crippen LogP contribution in [0.1, 0.15) is 19.3 Å². The molecule has 0 unspecified atom stereocenters. The van der Waals surface area contributed by atoms with Gasteiger partial charge in [0, 0.05) is 29.7 Å². The van der Waals surface area contributed by atoms with Crippen LogP contribution < -0.4 is 20.1 Å². The van der Waals surface area contributed by atoms with E-state index >= 15 is 0 Å². The fraction of sp³-hybridized carbons (Fsp3) is 0.562. The molecule has 1 aromatic rings. The SMILES string of the molecule is Cl.O=C(CCSc1ccc2c(c1)OCCO2)N[C@H]1CCCNC1. The zero-order valence-electron chi connectivity index (χ0n) is 13.0. The molecule has 1 amide bonds. The van der Waals surface area contributed by atoms with E-state index in [-0.39, 0.29) is 18.3 Å². The summed E-state index contributed by atoms with van der Waals surface area (Å²) < 4.78 is 11.1. The summed E-state index contributed by atoms with van der Waals surface area (Å²) in [4.78, 5) is 13.0. The first-order chi connectivity index (χ1) is 10.8. The first-order valence-electron chi connectivity index (χ1n) is 7.84. The van der Waals surface area contributed by atoms with E-state index in [1.807, 2.05) is 18.2 Å². The summed E-state index contributed by atoms with van der Waals surface area (Å²) in [5.74, 6) is 2.51. The molecule has 1 aromatic carbocycles. The quantitative estimate of drug-likeness (QED) is 0.790. The predicted octanol–water partition coefficient (Wildman–Crippen LogP) is 2.23. The molecule has 128 valence electrons. The standard InChI is InChI=1S/C16H22N2O3S.ClH/c19-16(18-12-2-1-6-17-11-12)5-9-22-13-3-4-14-15(10-13)21-8-7-20-14;/h3-4,10,12,17H,1-2,5-9,11H2,(H,18,19);1H/t12-;/m0./s1. The molecule has 5 nitrogen and oxygen atoms in total. The minimum Gasteiger partial charge on any atom is -0.486 e. The van der Waals surface area contributed by atoms with Gasteiger partial charge in [0.1, 0.15) is 13.2 Å². The van der Waals surface area contributed by atoms with Crippen molar-refractivity contribution >= 4 is 30.1 Å². The number of carbonyl (C=O) groups excluding carboxylic acids is 1. The number of ether oxygens (including phenoxy) is 2. The molecule has 1 saturated heterocycles. The van der Waals surface area contributed by atoms with Gasteiger partial charge in [0.15, 0.2) is 11.5 Å². The van der Waals surface area contributed by atoms with Gasteiger partial charge in [-0.1, -0.05) is 0 Å². The zero-order chi connectivity index (χ0) is 15.2. The Morgan fingerprint density at radius 2 is 2.13 bits per heavy atom. The first kappa shape index (κ1) is 18.2. The second kappa shape index (κ2) is 9.25. The van der Waals surface area contributed by atoms with Gasteiger partial charge in [-0.25, -0.2) is 0 Å². The number of piperidine rings is 1. The molecule has 0 bridgehead atoms. The van der Waals surface area contributed by atoms with E-state index < -0.39 is 0 Å². The summed E-state index contributed by atoms with van der Waals surface area (Å²) in [6.45, 7) is 3.15. The van der Waals surface area contributed by atoms with Crippen LogP contribution in [0.5, 0.6) is 11.5 Å². The molecule has 0 aliphatic carbocycles. The third kappa shape index (κ3) is 5.48. The molecule has 23 heavy (non-hydrogen) atoms. The molecule has 2 heterocycles. The lowest BCUT2D eigenvalue weighted by atomic mass is 10.1. The second-order valence-corrected chi connectivity index (χ2v) is 6.68. The molecule has 0 aromatic heterocycles. The molecule has 2 aliphatic heterocycles. The van der Waals surface area contributed by atoms with E-state index in [4.69, 9.17) is 9.47 Å². The monoisotopic (exact) mass is 358 g/mol. The minimum absolute atomic E-state index is 0. The van der Waals surface area contributed by atoms with Crippen molar-refractivity contribution in [2.24, 2.45) is 0 Å². The highest BCUT2D eigenvalue weighted by Crippen LogP contribution is 2.34. The molecule has 1 fully saturated rings. The van der Waals surface area contributed by atoms with E-state index in [9.17, 15) is 4.79 Å². The van der Waals surface area contributed by atoms with Crippen LogP contribution in [-0.2, 0) is 4.79 Å². The summed E-state index contributed by atoms with van der Waals surface area (Å²) in [5.41, 5.74) is 0. The smallest absolute Gasteiger partial charge is 0.221 e. The fourth-order valence-electron chi connectivity index (χ4n) is 2.65. The summed E-state index contributed by atoms with van der Waals surface area (Å²) in [7, 11) is 0. The summed E-state index contributed by atoms with van der Waals surface area (Å²) in [5, 5.41) is 6.40. The average Bonchev–Trinajstić information content (AvgIpc) is 2.55. The van der Waals surface area contributed by atoms with Crippen molar-refractivity contribution in [2.45, 2.75) is 30.2 Å². The number of amides is 1. The number of nitrogens with one attached hydrogen (secondary N) is 2. The molecule has 0 radical (unpaired) electrons. The van der Waals surface area contributed by atoms with Gasteiger partial charge >= 0.3 is 0 Å². The Kier molecular flexibility index (Phi) is 7.33. The van der Waals surface area contributed by atoms with E-state index in [1.54, 1.807) is 11.8 Å². The summed E-state index contributed by atoms with van der Waals surface area (Å²) in [6.07, 6.45) is 2.75. The molecule has 2 aliphatic rings. The highest BCUT2D eigenvalue weighted by atomic mass is 35.5. The van der Waals surface area contributed by atoms with Crippen molar-refractivity contribution < 1.29 is 14.3 Å². The lowest BCUT2D eigenvalue weighted by molar-refractivity contribution is -0.121. The lowest BCUT2D eigenvalue weighted by Crippen LogP contribution is -2.45. The number of thioether (sulfide) groups is 1. The Labute approximate surface area is 147 Å². The van der Waals surface area contributed by atoms with Crippen LogP contribution in [0.4, 0.5) is 0 Å². The van der Waals surface area contributed by atoms with Crippen molar-refractivity contribution in [3.8, 4) is 11.5 Å². The van der Waals surface area contributed by atoms with E-state index in [0.717, 1.165) is 48.1 Å². The van der Waals surface area contributed by atoms with Crippen LogP contribution in [0.25, 0.3) is 0 Å². The lowest BCUT2D eigenvalue weighted by Gasteiger charge is -2.23. The van der Waals surface area contributed by atoms with Gasteiger partial charge in [-0.3, -0.25) is 4.79 Å². The Morgan fingerprint density at radius 3 is 2.91 bits per heavy atom. The Bertz CT molecular complexity index is 524. The molecule has 7 heteroatoms. The minimum atomic E-state index is 0. The van der Waals surface area contributed by atoms with Gasteiger partial charge < -0.3 is 20.1 Å². The molecule has 2 N–H and O–H groups in total. The largest absolute Gasteiger partial charge is 0.486 e. The van der Waals surface area contributed by atoms with E-state index in [0.29, 0.717) is 25.7 Å². The van der Waals surface area contributed by atoms with E-state index in [2.05, 4.69) is 10.6 Å².